The topological polar surface area (TPSA) is 30.3 Å². The van der Waals surface area contributed by atoms with E-state index in [-0.39, 0.29) is 5.82 Å². The van der Waals surface area contributed by atoms with Gasteiger partial charge in [-0.25, -0.2) is 4.39 Å². The minimum Gasteiger partial charge on any atom is -0.379 e. The molecule has 0 N–H and O–H groups in total. The Hall–Kier alpha value is -0.980. The third-order valence-electron chi connectivity index (χ3n) is 3.74. The summed E-state index contributed by atoms with van der Waals surface area (Å²) in [6.45, 7) is 4.46. The number of aryl methyl sites for hydroxylation is 1. The predicted octanol–water partition coefficient (Wildman–Crippen LogP) is 2.35. The molecule has 0 bridgehead atoms. The molecule has 1 aromatic heterocycles. The Balaban J connectivity index is 1.82. The van der Waals surface area contributed by atoms with Gasteiger partial charge in [0, 0.05) is 38.5 Å². The number of benzene rings is 1. The van der Waals surface area contributed by atoms with Crippen molar-refractivity contribution in [1.29, 1.82) is 0 Å². The molecule has 20 heavy (non-hydrogen) atoms. The highest BCUT2D eigenvalue weighted by molar-refractivity contribution is 9.10. The van der Waals surface area contributed by atoms with Gasteiger partial charge < -0.3 is 4.74 Å². The molecule has 1 saturated heterocycles. The molecule has 1 fully saturated rings. The van der Waals surface area contributed by atoms with Gasteiger partial charge in [0.1, 0.15) is 5.82 Å². The van der Waals surface area contributed by atoms with Crippen LogP contribution >= 0.6 is 15.9 Å². The molecule has 2 aromatic rings. The van der Waals surface area contributed by atoms with Crippen LogP contribution in [0.15, 0.2) is 16.6 Å². The summed E-state index contributed by atoms with van der Waals surface area (Å²) in [7, 11) is 1.89. The Morgan fingerprint density at radius 1 is 1.35 bits per heavy atom. The highest BCUT2D eigenvalue weighted by atomic mass is 79.9. The molecule has 3 rings (SSSR count). The van der Waals surface area contributed by atoms with Crippen molar-refractivity contribution < 1.29 is 9.13 Å². The van der Waals surface area contributed by atoms with Gasteiger partial charge in [-0.2, -0.15) is 5.10 Å². The van der Waals surface area contributed by atoms with Crippen LogP contribution in [0.25, 0.3) is 10.9 Å². The Labute approximate surface area is 125 Å². The number of ether oxygens (including phenoxy) is 1. The smallest absolute Gasteiger partial charge is 0.138 e. The standard InChI is InChI=1S/C14H17BrFN3O/c1-18-14-9-11(15)12(16)8-10(14)13(17-18)2-3-19-4-6-20-7-5-19/h8-9H,2-7H2,1H3. The third kappa shape index (κ3) is 2.73. The zero-order valence-electron chi connectivity index (χ0n) is 11.4. The molecule has 0 amide bonds. The maximum Gasteiger partial charge on any atom is 0.138 e. The monoisotopic (exact) mass is 341 g/mol. The lowest BCUT2D eigenvalue weighted by Crippen LogP contribution is -2.37. The predicted molar refractivity (Wildman–Crippen MR) is 79.3 cm³/mol. The van der Waals surface area contributed by atoms with Gasteiger partial charge in [0.05, 0.1) is 28.9 Å². The van der Waals surface area contributed by atoms with Gasteiger partial charge >= 0.3 is 0 Å². The van der Waals surface area contributed by atoms with Crippen molar-refractivity contribution in [2.45, 2.75) is 6.42 Å². The first-order chi connectivity index (χ1) is 9.65. The molecular weight excluding hydrogens is 325 g/mol. The summed E-state index contributed by atoms with van der Waals surface area (Å²) in [5.41, 5.74) is 1.91. The molecule has 0 unspecified atom stereocenters. The minimum atomic E-state index is -0.238. The van der Waals surface area contributed by atoms with Crippen LogP contribution in [-0.4, -0.2) is 47.5 Å². The number of aromatic nitrogens is 2. The minimum absolute atomic E-state index is 0.238. The largest absolute Gasteiger partial charge is 0.379 e. The van der Waals surface area contributed by atoms with Crippen molar-refractivity contribution in [3.8, 4) is 0 Å². The molecule has 6 heteroatoms. The molecule has 1 aromatic carbocycles. The van der Waals surface area contributed by atoms with E-state index in [1.165, 1.54) is 0 Å². The summed E-state index contributed by atoms with van der Waals surface area (Å²) < 4.78 is 21.4. The van der Waals surface area contributed by atoms with Crippen LogP contribution in [0.2, 0.25) is 0 Å². The summed E-state index contributed by atoms with van der Waals surface area (Å²) >= 11 is 3.22. The van der Waals surface area contributed by atoms with Gasteiger partial charge in [0.2, 0.25) is 0 Å². The van der Waals surface area contributed by atoms with E-state index >= 15 is 0 Å². The van der Waals surface area contributed by atoms with Crippen molar-refractivity contribution in [2.24, 2.45) is 7.05 Å². The summed E-state index contributed by atoms with van der Waals surface area (Å²) in [4.78, 5) is 2.36. The zero-order valence-corrected chi connectivity index (χ0v) is 13.0. The van der Waals surface area contributed by atoms with Crippen molar-refractivity contribution >= 4 is 26.8 Å². The number of halogens is 2. The van der Waals surface area contributed by atoms with E-state index < -0.39 is 0 Å². The molecule has 1 aliphatic heterocycles. The average molecular weight is 342 g/mol. The molecule has 0 saturated carbocycles. The molecule has 4 nitrogen and oxygen atoms in total. The highest BCUT2D eigenvalue weighted by Gasteiger charge is 2.15. The fraction of sp³-hybridized carbons (Fsp3) is 0.500. The molecule has 1 aliphatic rings. The van der Waals surface area contributed by atoms with Crippen LogP contribution in [-0.2, 0) is 18.2 Å². The van der Waals surface area contributed by atoms with E-state index in [4.69, 9.17) is 4.74 Å². The normalized spacial score (nSPS) is 16.9. The summed E-state index contributed by atoms with van der Waals surface area (Å²) in [5.74, 6) is -0.238. The van der Waals surface area contributed by atoms with Crippen molar-refractivity contribution in [3.63, 3.8) is 0 Å². The Bertz CT molecular complexity index is 622. The quantitative estimate of drug-likeness (QED) is 0.858. The lowest BCUT2D eigenvalue weighted by molar-refractivity contribution is 0.0383. The number of hydrogen-bond donors (Lipinski definition) is 0. The van der Waals surface area contributed by atoms with E-state index in [2.05, 4.69) is 25.9 Å². The number of morpholine rings is 1. The Kier molecular flexibility index (Phi) is 4.05. The van der Waals surface area contributed by atoms with Crippen LogP contribution in [0.5, 0.6) is 0 Å². The molecular formula is C14H17BrFN3O. The van der Waals surface area contributed by atoms with Crippen LogP contribution < -0.4 is 0 Å². The molecule has 0 aliphatic carbocycles. The first-order valence-corrected chi connectivity index (χ1v) is 7.55. The molecule has 0 radical (unpaired) electrons. The van der Waals surface area contributed by atoms with Crippen LogP contribution in [0.1, 0.15) is 5.69 Å². The van der Waals surface area contributed by atoms with Gasteiger partial charge in [0.25, 0.3) is 0 Å². The second-order valence-corrected chi connectivity index (χ2v) is 5.91. The Morgan fingerprint density at radius 3 is 2.85 bits per heavy atom. The van der Waals surface area contributed by atoms with E-state index in [0.717, 1.165) is 55.9 Å². The molecule has 108 valence electrons. The molecule has 2 heterocycles. The average Bonchev–Trinajstić information content (AvgIpc) is 2.75. The zero-order chi connectivity index (χ0) is 14.1. The number of fused-ring (bicyclic) bond motifs is 1. The van der Waals surface area contributed by atoms with Crippen LogP contribution in [0.3, 0.4) is 0 Å². The fourth-order valence-electron chi connectivity index (χ4n) is 2.60. The van der Waals surface area contributed by atoms with Gasteiger partial charge in [0.15, 0.2) is 0 Å². The number of hydrogen-bond acceptors (Lipinski definition) is 3. The number of nitrogens with zero attached hydrogens (tertiary/aromatic N) is 3. The van der Waals surface area contributed by atoms with Crippen LogP contribution in [0.4, 0.5) is 4.39 Å². The van der Waals surface area contributed by atoms with Crippen molar-refractivity contribution in [3.05, 3.63) is 28.1 Å². The maximum absolute atomic E-state index is 13.7. The molecule has 0 atom stereocenters. The first-order valence-electron chi connectivity index (χ1n) is 6.76. The van der Waals surface area contributed by atoms with Gasteiger partial charge in [-0.15, -0.1) is 0 Å². The van der Waals surface area contributed by atoms with Gasteiger partial charge in [-0.3, -0.25) is 9.58 Å². The van der Waals surface area contributed by atoms with Gasteiger partial charge in [-0.1, -0.05) is 0 Å². The Morgan fingerprint density at radius 2 is 2.10 bits per heavy atom. The second kappa shape index (κ2) is 5.79. The van der Waals surface area contributed by atoms with E-state index in [0.29, 0.717) is 4.47 Å². The van der Waals surface area contributed by atoms with Gasteiger partial charge in [-0.05, 0) is 28.1 Å². The SMILES string of the molecule is Cn1nc(CCN2CCOCC2)c2cc(F)c(Br)cc21. The molecule has 0 spiro atoms. The summed E-state index contributed by atoms with van der Waals surface area (Å²) in [5, 5.41) is 5.43. The second-order valence-electron chi connectivity index (χ2n) is 5.06. The maximum atomic E-state index is 13.7. The number of rotatable bonds is 3. The lowest BCUT2D eigenvalue weighted by atomic mass is 10.1. The first kappa shape index (κ1) is 14.0. The van der Waals surface area contributed by atoms with E-state index in [9.17, 15) is 4.39 Å². The fourth-order valence-corrected chi connectivity index (χ4v) is 2.93. The summed E-state index contributed by atoms with van der Waals surface area (Å²) in [6.07, 6.45) is 0.832. The van der Waals surface area contributed by atoms with Crippen LogP contribution in [0, 0.1) is 5.82 Å². The highest BCUT2D eigenvalue weighted by Crippen LogP contribution is 2.25. The van der Waals surface area contributed by atoms with E-state index in [1.807, 2.05) is 11.7 Å². The van der Waals surface area contributed by atoms with E-state index in [1.54, 1.807) is 12.1 Å². The van der Waals surface area contributed by atoms with Crippen molar-refractivity contribution in [2.75, 3.05) is 32.8 Å². The summed E-state index contributed by atoms with van der Waals surface area (Å²) in [6, 6.07) is 3.36. The lowest BCUT2D eigenvalue weighted by Gasteiger charge is -2.26. The van der Waals surface area contributed by atoms with Crippen molar-refractivity contribution in [1.82, 2.24) is 14.7 Å². The third-order valence-corrected chi connectivity index (χ3v) is 4.35.